The molecule has 2 aromatic carbocycles. The van der Waals surface area contributed by atoms with Crippen LogP contribution >= 0.6 is 0 Å². The van der Waals surface area contributed by atoms with E-state index < -0.39 is 11.6 Å². The van der Waals surface area contributed by atoms with Crippen LogP contribution in [0.1, 0.15) is 36.5 Å². The number of nitriles is 2. The van der Waals surface area contributed by atoms with Gasteiger partial charge in [0.15, 0.2) is 11.6 Å². The topological polar surface area (TPSA) is 98.4 Å². The number of hydrogen-bond donors (Lipinski definition) is 1. The van der Waals surface area contributed by atoms with Gasteiger partial charge in [-0.05, 0) is 67.4 Å². The second kappa shape index (κ2) is 10.7. The highest BCUT2D eigenvalue weighted by Crippen LogP contribution is 2.36. The molecule has 1 fully saturated rings. The molecule has 1 aliphatic rings. The first-order chi connectivity index (χ1) is 16.3. The highest BCUT2D eigenvalue weighted by Gasteiger charge is 2.25. The van der Waals surface area contributed by atoms with Crippen LogP contribution in [0.2, 0.25) is 0 Å². The standard InChI is InChI=1S/C26H25F2N5O/c1-16(17-6-7-24(34-3)23(28)12-17)25(18-4-5-19(14-29)22(27)13-18)21(15-30)26(32-2)33-10-8-20(31)9-11-33/h4-7,12-13,20H,2,8-11,31H2,1,3H3/b25-16+,26-21+. The third-order valence-electron chi connectivity index (χ3n) is 5.91. The van der Waals surface area contributed by atoms with Gasteiger partial charge in [-0.2, -0.15) is 10.5 Å². The monoisotopic (exact) mass is 461 g/mol. The molecule has 0 radical (unpaired) electrons. The van der Waals surface area contributed by atoms with Gasteiger partial charge >= 0.3 is 0 Å². The number of hydrogen-bond acceptors (Lipinski definition) is 6. The molecule has 0 spiro atoms. The first-order valence-electron chi connectivity index (χ1n) is 10.7. The Hall–Kier alpha value is -4.01. The molecule has 1 saturated heterocycles. The van der Waals surface area contributed by atoms with Crippen molar-refractivity contribution in [2.45, 2.75) is 25.8 Å². The number of nitrogens with two attached hydrogens (primary N) is 1. The first kappa shape index (κ1) is 24.6. The molecular weight excluding hydrogens is 436 g/mol. The van der Waals surface area contributed by atoms with E-state index in [0.717, 1.165) is 12.8 Å². The summed E-state index contributed by atoms with van der Waals surface area (Å²) in [7, 11) is 1.37. The summed E-state index contributed by atoms with van der Waals surface area (Å²) < 4.78 is 34.1. The summed E-state index contributed by atoms with van der Waals surface area (Å²) in [5.41, 5.74) is 7.81. The minimum absolute atomic E-state index is 0.0690. The molecule has 2 N–H and O–H groups in total. The van der Waals surface area contributed by atoms with Gasteiger partial charge in [0.1, 0.15) is 29.3 Å². The maximum absolute atomic E-state index is 14.6. The van der Waals surface area contributed by atoms with E-state index in [9.17, 15) is 14.0 Å². The molecule has 174 valence electrons. The molecule has 0 aromatic heterocycles. The fraction of sp³-hybridized carbons (Fsp3) is 0.269. The lowest BCUT2D eigenvalue weighted by Gasteiger charge is -2.32. The molecule has 0 unspecified atom stereocenters. The fourth-order valence-electron chi connectivity index (χ4n) is 4.02. The van der Waals surface area contributed by atoms with Crippen LogP contribution in [0.15, 0.2) is 52.8 Å². The molecular formula is C26H25F2N5O. The summed E-state index contributed by atoms with van der Waals surface area (Å²) in [4.78, 5) is 6.08. The molecule has 1 heterocycles. The third kappa shape index (κ3) is 4.98. The smallest absolute Gasteiger partial charge is 0.165 e. The van der Waals surface area contributed by atoms with Crippen molar-refractivity contribution < 1.29 is 13.5 Å². The SMILES string of the molecule is C=N/C(=C(C#N)\C(=C(/C)c1ccc(OC)c(F)c1)c1ccc(C#N)c(F)c1)N1CCC(N)CC1. The predicted octanol–water partition coefficient (Wildman–Crippen LogP) is 4.63. The molecule has 0 amide bonds. The normalized spacial score (nSPS) is 15.6. The Bertz CT molecular complexity index is 1240. The molecule has 0 saturated carbocycles. The lowest BCUT2D eigenvalue weighted by Crippen LogP contribution is -2.39. The summed E-state index contributed by atoms with van der Waals surface area (Å²) in [5, 5.41) is 19.4. The minimum atomic E-state index is -0.722. The number of methoxy groups -OCH3 is 1. The fourth-order valence-corrected chi connectivity index (χ4v) is 4.02. The summed E-state index contributed by atoms with van der Waals surface area (Å²) in [5.74, 6) is -0.862. The van der Waals surface area contributed by atoms with Gasteiger partial charge in [0.25, 0.3) is 0 Å². The van der Waals surface area contributed by atoms with Crippen molar-refractivity contribution in [3.05, 3.63) is 76.1 Å². The van der Waals surface area contributed by atoms with E-state index in [1.54, 1.807) is 25.1 Å². The predicted molar refractivity (Wildman–Crippen MR) is 128 cm³/mol. The van der Waals surface area contributed by atoms with Crippen LogP contribution < -0.4 is 10.5 Å². The minimum Gasteiger partial charge on any atom is -0.494 e. The van der Waals surface area contributed by atoms with Crippen molar-refractivity contribution in [2.24, 2.45) is 10.7 Å². The van der Waals surface area contributed by atoms with Gasteiger partial charge in [-0.25, -0.2) is 13.8 Å². The zero-order valence-corrected chi connectivity index (χ0v) is 19.1. The third-order valence-corrected chi connectivity index (χ3v) is 5.91. The van der Waals surface area contributed by atoms with Crippen molar-refractivity contribution in [3.8, 4) is 17.9 Å². The molecule has 0 bridgehead atoms. The molecule has 1 aliphatic heterocycles. The number of halogens is 2. The van der Waals surface area contributed by atoms with Crippen LogP contribution in [0, 0.1) is 34.3 Å². The molecule has 2 aromatic rings. The zero-order chi connectivity index (χ0) is 24.8. The number of rotatable bonds is 6. The lowest BCUT2D eigenvalue weighted by atomic mass is 9.89. The molecule has 3 rings (SSSR count). The Balaban J connectivity index is 2.30. The number of benzene rings is 2. The van der Waals surface area contributed by atoms with E-state index in [0.29, 0.717) is 41.2 Å². The Kier molecular flexibility index (Phi) is 7.78. The van der Waals surface area contributed by atoms with Crippen molar-refractivity contribution in [3.63, 3.8) is 0 Å². The van der Waals surface area contributed by atoms with Gasteiger partial charge in [-0.3, -0.25) is 0 Å². The molecule has 0 aliphatic carbocycles. The Morgan fingerprint density at radius 1 is 1.12 bits per heavy atom. The Morgan fingerprint density at radius 3 is 2.29 bits per heavy atom. The number of piperidine rings is 1. The van der Waals surface area contributed by atoms with Crippen molar-refractivity contribution in [1.82, 2.24) is 4.90 Å². The maximum Gasteiger partial charge on any atom is 0.165 e. The Labute approximate surface area is 197 Å². The van der Waals surface area contributed by atoms with Gasteiger partial charge < -0.3 is 15.4 Å². The van der Waals surface area contributed by atoms with E-state index >= 15 is 0 Å². The summed E-state index contributed by atoms with van der Waals surface area (Å²) in [6.45, 7) is 6.56. The molecule has 8 heteroatoms. The Morgan fingerprint density at radius 2 is 1.76 bits per heavy atom. The van der Waals surface area contributed by atoms with E-state index in [1.165, 1.54) is 31.4 Å². The van der Waals surface area contributed by atoms with E-state index in [2.05, 4.69) is 17.8 Å². The number of allylic oxidation sites excluding steroid dienone is 3. The number of nitrogens with zero attached hydrogens (tertiary/aromatic N) is 4. The second-order valence-electron chi connectivity index (χ2n) is 7.95. The van der Waals surface area contributed by atoms with Crippen LogP contribution in [0.4, 0.5) is 8.78 Å². The molecule has 34 heavy (non-hydrogen) atoms. The number of aliphatic imine (C=N–C) groups is 1. The van der Waals surface area contributed by atoms with Crippen LogP contribution in [0.25, 0.3) is 11.1 Å². The summed E-state index contributed by atoms with van der Waals surface area (Å²) in [6.07, 6.45) is 1.45. The summed E-state index contributed by atoms with van der Waals surface area (Å²) in [6, 6.07) is 12.6. The molecule has 0 atom stereocenters. The largest absolute Gasteiger partial charge is 0.494 e. The first-order valence-corrected chi connectivity index (χ1v) is 10.7. The van der Waals surface area contributed by atoms with Crippen molar-refractivity contribution >= 4 is 17.9 Å². The highest BCUT2D eigenvalue weighted by atomic mass is 19.1. The average molecular weight is 462 g/mol. The van der Waals surface area contributed by atoms with Crippen molar-refractivity contribution in [2.75, 3.05) is 20.2 Å². The lowest BCUT2D eigenvalue weighted by molar-refractivity contribution is 0.261. The number of ether oxygens (including phenoxy) is 1. The van der Waals surface area contributed by atoms with Crippen LogP contribution in [0.5, 0.6) is 5.75 Å². The van der Waals surface area contributed by atoms with Gasteiger partial charge in [-0.15, -0.1) is 0 Å². The average Bonchev–Trinajstić information content (AvgIpc) is 2.84. The van der Waals surface area contributed by atoms with E-state index in [4.69, 9.17) is 15.7 Å². The second-order valence-corrected chi connectivity index (χ2v) is 7.95. The van der Waals surface area contributed by atoms with Gasteiger partial charge in [0, 0.05) is 24.7 Å². The van der Waals surface area contributed by atoms with Crippen molar-refractivity contribution in [1.29, 1.82) is 10.5 Å². The maximum atomic E-state index is 14.6. The quantitative estimate of drug-likeness (QED) is 0.293. The van der Waals surface area contributed by atoms with E-state index in [-0.39, 0.29) is 22.9 Å². The van der Waals surface area contributed by atoms with Crippen LogP contribution in [0.3, 0.4) is 0 Å². The van der Waals surface area contributed by atoms with E-state index in [1.807, 2.05) is 4.90 Å². The van der Waals surface area contributed by atoms with Gasteiger partial charge in [0.2, 0.25) is 0 Å². The molecule has 6 nitrogen and oxygen atoms in total. The highest BCUT2D eigenvalue weighted by molar-refractivity contribution is 6.00. The van der Waals surface area contributed by atoms with Gasteiger partial charge in [-0.1, -0.05) is 12.1 Å². The zero-order valence-electron chi connectivity index (χ0n) is 19.1. The summed E-state index contributed by atoms with van der Waals surface area (Å²) >= 11 is 0. The van der Waals surface area contributed by atoms with Crippen LogP contribution in [-0.4, -0.2) is 37.9 Å². The van der Waals surface area contributed by atoms with Crippen LogP contribution in [-0.2, 0) is 0 Å². The van der Waals surface area contributed by atoms with Gasteiger partial charge in [0.05, 0.1) is 12.7 Å². The number of likely N-dealkylation sites (tertiary alicyclic amines) is 1.